The Kier molecular flexibility index (Phi) is 7.52. The number of piperidine rings is 1. The van der Waals surface area contributed by atoms with E-state index in [4.69, 9.17) is 14.2 Å². The molecular weight excluding hydrogens is 387 g/mol. The molecule has 1 amide bonds. The van der Waals surface area contributed by atoms with Crippen LogP contribution in [-0.2, 0) is 17.9 Å². The Morgan fingerprint density at radius 1 is 1.07 bits per heavy atom. The summed E-state index contributed by atoms with van der Waals surface area (Å²) in [4.78, 5) is 15.1. The van der Waals surface area contributed by atoms with Crippen LogP contribution >= 0.6 is 0 Å². The highest BCUT2D eigenvalue weighted by molar-refractivity contribution is 5.79. The first kappa shape index (κ1) is 21.9. The lowest BCUT2D eigenvalue weighted by atomic mass is 9.96. The van der Waals surface area contributed by atoms with Gasteiger partial charge < -0.3 is 19.5 Å². The summed E-state index contributed by atoms with van der Waals surface area (Å²) in [7, 11) is 4.69. The molecule has 0 bridgehead atoms. The molecule has 0 radical (unpaired) electrons. The van der Waals surface area contributed by atoms with Gasteiger partial charge in [-0.2, -0.15) is 0 Å². The molecule has 0 saturated carbocycles. The second-order valence-corrected chi connectivity index (χ2v) is 7.41. The minimum Gasteiger partial charge on any atom is -0.493 e. The van der Waals surface area contributed by atoms with Gasteiger partial charge in [-0.3, -0.25) is 9.69 Å². The predicted molar refractivity (Wildman–Crippen MR) is 112 cm³/mol. The number of hydrogen-bond donors (Lipinski definition) is 1. The first-order chi connectivity index (χ1) is 14.5. The van der Waals surface area contributed by atoms with Crippen LogP contribution in [0, 0.1) is 11.7 Å². The lowest BCUT2D eigenvalue weighted by molar-refractivity contribution is -0.126. The van der Waals surface area contributed by atoms with E-state index in [1.165, 1.54) is 12.1 Å². The average molecular weight is 416 g/mol. The zero-order valence-electron chi connectivity index (χ0n) is 17.7. The Labute approximate surface area is 176 Å². The van der Waals surface area contributed by atoms with Gasteiger partial charge in [0.05, 0.1) is 27.2 Å². The normalized spacial score (nSPS) is 16.7. The summed E-state index contributed by atoms with van der Waals surface area (Å²) in [6, 6.07) is 10.2. The van der Waals surface area contributed by atoms with Gasteiger partial charge in [-0.15, -0.1) is 0 Å². The molecule has 0 aromatic heterocycles. The molecule has 1 N–H and O–H groups in total. The van der Waals surface area contributed by atoms with Crippen molar-refractivity contribution in [1.29, 1.82) is 0 Å². The van der Waals surface area contributed by atoms with Crippen LogP contribution in [-0.4, -0.2) is 45.2 Å². The van der Waals surface area contributed by atoms with E-state index in [9.17, 15) is 9.18 Å². The molecule has 1 saturated heterocycles. The lowest BCUT2D eigenvalue weighted by Crippen LogP contribution is -2.42. The summed E-state index contributed by atoms with van der Waals surface area (Å²) >= 11 is 0. The van der Waals surface area contributed by atoms with E-state index in [1.54, 1.807) is 39.5 Å². The minimum atomic E-state index is -0.236. The zero-order valence-corrected chi connectivity index (χ0v) is 17.7. The third-order valence-corrected chi connectivity index (χ3v) is 5.43. The highest BCUT2D eigenvalue weighted by Gasteiger charge is 2.26. The Bertz CT molecular complexity index is 857. The molecule has 0 aliphatic carbocycles. The van der Waals surface area contributed by atoms with E-state index in [2.05, 4.69) is 10.2 Å². The monoisotopic (exact) mass is 416 g/mol. The van der Waals surface area contributed by atoms with Crippen LogP contribution in [0.1, 0.15) is 24.0 Å². The molecular formula is C23H29FN2O4. The number of nitrogens with one attached hydrogen (secondary N) is 1. The van der Waals surface area contributed by atoms with Crippen molar-refractivity contribution < 1.29 is 23.4 Å². The standard InChI is InChI=1S/C23H29FN2O4/c1-28-20-11-8-17(21(29-2)22(20)30-3)13-25-23(27)18-5-4-12-26(15-18)14-16-6-9-19(24)10-7-16/h6-11,18H,4-5,12-15H2,1-3H3,(H,25,27)/t18-/m1/s1. The highest BCUT2D eigenvalue weighted by atomic mass is 19.1. The maximum Gasteiger partial charge on any atom is 0.224 e. The molecule has 6 nitrogen and oxygen atoms in total. The molecule has 1 atom stereocenters. The van der Waals surface area contributed by atoms with Gasteiger partial charge in [0.25, 0.3) is 0 Å². The molecule has 1 heterocycles. The largest absolute Gasteiger partial charge is 0.493 e. The summed E-state index contributed by atoms with van der Waals surface area (Å²) in [5.74, 6) is 1.35. The van der Waals surface area contributed by atoms with Crippen LogP contribution in [0.15, 0.2) is 36.4 Å². The molecule has 1 aliphatic rings. The number of carbonyl (C=O) groups excluding carboxylic acids is 1. The van der Waals surface area contributed by atoms with Crippen molar-refractivity contribution in [2.45, 2.75) is 25.9 Å². The Balaban J connectivity index is 1.60. The van der Waals surface area contributed by atoms with E-state index < -0.39 is 0 Å². The van der Waals surface area contributed by atoms with Crippen molar-refractivity contribution in [2.24, 2.45) is 5.92 Å². The first-order valence-corrected chi connectivity index (χ1v) is 10.1. The summed E-state index contributed by atoms with van der Waals surface area (Å²) in [5.41, 5.74) is 1.87. The number of benzene rings is 2. The van der Waals surface area contributed by atoms with Gasteiger partial charge in [-0.25, -0.2) is 4.39 Å². The molecule has 1 fully saturated rings. The molecule has 2 aromatic rings. The van der Waals surface area contributed by atoms with Gasteiger partial charge in [0.1, 0.15) is 5.82 Å². The zero-order chi connectivity index (χ0) is 21.5. The van der Waals surface area contributed by atoms with Gasteiger partial charge in [0.15, 0.2) is 11.5 Å². The van der Waals surface area contributed by atoms with Crippen LogP contribution in [0.3, 0.4) is 0 Å². The fourth-order valence-electron chi connectivity index (χ4n) is 3.89. The van der Waals surface area contributed by atoms with E-state index in [0.29, 0.717) is 36.9 Å². The summed E-state index contributed by atoms with van der Waals surface area (Å²) in [5, 5.41) is 3.03. The maximum absolute atomic E-state index is 13.1. The predicted octanol–water partition coefficient (Wildman–Crippen LogP) is 3.38. The number of rotatable bonds is 8. The Hall–Kier alpha value is -2.80. The third kappa shape index (κ3) is 5.21. The Morgan fingerprint density at radius 3 is 2.47 bits per heavy atom. The molecule has 1 aliphatic heterocycles. The lowest BCUT2D eigenvalue weighted by Gasteiger charge is -2.32. The minimum absolute atomic E-state index is 0.0237. The van der Waals surface area contributed by atoms with Crippen LogP contribution in [0.2, 0.25) is 0 Å². The maximum atomic E-state index is 13.1. The fourth-order valence-corrected chi connectivity index (χ4v) is 3.89. The molecule has 30 heavy (non-hydrogen) atoms. The van der Waals surface area contributed by atoms with Gasteiger partial charge in [0, 0.05) is 25.2 Å². The van der Waals surface area contributed by atoms with Crippen molar-refractivity contribution in [3.63, 3.8) is 0 Å². The Morgan fingerprint density at radius 2 is 1.80 bits per heavy atom. The number of nitrogens with zero attached hydrogens (tertiary/aromatic N) is 1. The number of methoxy groups -OCH3 is 3. The van der Waals surface area contributed by atoms with Gasteiger partial charge >= 0.3 is 0 Å². The molecule has 0 spiro atoms. The van der Waals surface area contributed by atoms with Crippen molar-refractivity contribution in [3.8, 4) is 17.2 Å². The van der Waals surface area contributed by atoms with Crippen LogP contribution in [0.4, 0.5) is 4.39 Å². The van der Waals surface area contributed by atoms with E-state index in [1.807, 2.05) is 6.07 Å². The molecule has 2 aromatic carbocycles. The second-order valence-electron chi connectivity index (χ2n) is 7.41. The van der Waals surface area contributed by atoms with Crippen molar-refractivity contribution in [2.75, 3.05) is 34.4 Å². The van der Waals surface area contributed by atoms with E-state index >= 15 is 0 Å². The summed E-state index contributed by atoms with van der Waals surface area (Å²) in [6.45, 7) is 2.68. The van der Waals surface area contributed by atoms with E-state index in [-0.39, 0.29) is 17.6 Å². The van der Waals surface area contributed by atoms with Crippen molar-refractivity contribution in [1.82, 2.24) is 10.2 Å². The molecule has 0 unspecified atom stereocenters. The SMILES string of the molecule is COc1ccc(CNC(=O)[C@@H]2CCCN(Cc3ccc(F)cc3)C2)c(OC)c1OC. The first-order valence-electron chi connectivity index (χ1n) is 10.1. The molecule has 7 heteroatoms. The van der Waals surface area contributed by atoms with Gasteiger partial charge in [0.2, 0.25) is 11.7 Å². The number of halogens is 1. The number of carbonyl (C=O) groups is 1. The van der Waals surface area contributed by atoms with Gasteiger partial charge in [-0.05, 0) is 49.2 Å². The van der Waals surface area contributed by atoms with Crippen LogP contribution < -0.4 is 19.5 Å². The topological polar surface area (TPSA) is 60.0 Å². The third-order valence-electron chi connectivity index (χ3n) is 5.43. The molecule has 162 valence electrons. The number of hydrogen-bond acceptors (Lipinski definition) is 5. The van der Waals surface area contributed by atoms with Gasteiger partial charge in [-0.1, -0.05) is 12.1 Å². The number of amides is 1. The van der Waals surface area contributed by atoms with Crippen LogP contribution in [0.25, 0.3) is 0 Å². The molecule has 3 rings (SSSR count). The quantitative estimate of drug-likeness (QED) is 0.715. The van der Waals surface area contributed by atoms with Crippen molar-refractivity contribution in [3.05, 3.63) is 53.3 Å². The van der Waals surface area contributed by atoms with E-state index in [0.717, 1.165) is 30.5 Å². The average Bonchev–Trinajstić information content (AvgIpc) is 2.78. The van der Waals surface area contributed by atoms with Crippen molar-refractivity contribution >= 4 is 5.91 Å². The summed E-state index contributed by atoms with van der Waals surface area (Å²) in [6.07, 6.45) is 1.81. The fraction of sp³-hybridized carbons (Fsp3) is 0.435. The summed E-state index contributed by atoms with van der Waals surface area (Å²) < 4.78 is 29.3. The smallest absolute Gasteiger partial charge is 0.224 e. The number of likely N-dealkylation sites (tertiary alicyclic amines) is 1. The van der Waals surface area contributed by atoms with Crippen LogP contribution in [0.5, 0.6) is 17.2 Å². The number of ether oxygens (including phenoxy) is 3. The second kappa shape index (κ2) is 10.3. The highest BCUT2D eigenvalue weighted by Crippen LogP contribution is 2.39.